The summed E-state index contributed by atoms with van der Waals surface area (Å²) in [6, 6.07) is 3.66. The molecule has 2 N–H and O–H groups in total. The molecule has 1 fully saturated rings. The zero-order valence-corrected chi connectivity index (χ0v) is 11.1. The maximum Gasteiger partial charge on any atom is 0.258 e. The molecule has 1 saturated heterocycles. The lowest BCUT2D eigenvalue weighted by Gasteiger charge is -2.15. The Bertz CT molecular complexity index is 493. The molecular weight excluding hydrogens is 263 g/mol. The second-order valence-electron chi connectivity index (χ2n) is 4.73. The molecule has 0 unspecified atom stereocenters. The highest BCUT2D eigenvalue weighted by Gasteiger charge is 2.19. The van der Waals surface area contributed by atoms with Crippen LogP contribution >= 0.6 is 0 Å². The highest BCUT2D eigenvalue weighted by Crippen LogP contribution is 2.19. The predicted octanol–water partition coefficient (Wildman–Crippen LogP) is 1.27. The van der Waals surface area contributed by atoms with Crippen LogP contribution in [0.25, 0.3) is 0 Å². The van der Waals surface area contributed by atoms with Crippen LogP contribution in [0.15, 0.2) is 18.2 Å². The van der Waals surface area contributed by atoms with E-state index in [0.29, 0.717) is 0 Å². The van der Waals surface area contributed by atoms with Crippen molar-refractivity contribution in [2.24, 2.45) is 0 Å². The summed E-state index contributed by atoms with van der Waals surface area (Å²) < 4.78 is 13.4. The van der Waals surface area contributed by atoms with Crippen molar-refractivity contribution in [2.45, 2.75) is 19.3 Å². The molecule has 0 aliphatic carbocycles. The molecule has 0 saturated carbocycles. The molecular formula is C14H17FN2O3. The van der Waals surface area contributed by atoms with Crippen LogP contribution < -0.4 is 5.32 Å². The van der Waals surface area contributed by atoms with Crippen LogP contribution in [0, 0.1) is 5.82 Å². The average Bonchev–Trinajstić information content (AvgIpc) is 2.92. The first-order valence-electron chi connectivity index (χ1n) is 6.63. The number of phenolic OH excluding ortho intramolecular Hbond substituents is 1. The van der Waals surface area contributed by atoms with Gasteiger partial charge in [-0.2, -0.15) is 0 Å². The van der Waals surface area contributed by atoms with E-state index in [9.17, 15) is 19.1 Å². The molecule has 1 aromatic rings. The second-order valence-corrected chi connectivity index (χ2v) is 4.73. The van der Waals surface area contributed by atoms with Gasteiger partial charge in [-0.1, -0.05) is 6.07 Å². The van der Waals surface area contributed by atoms with Crippen molar-refractivity contribution in [3.63, 3.8) is 0 Å². The SMILES string of the molecule is O=C(NCCC(=O)N1CCCC1)c1c(O)cccc1F. The number of amides is 2. The Kier molecular flexibility index (Phi) is 4.55. The van der Waals surface area contributed by atoms with Gasteiger partial charge >= 0.3 is 0 Å². The zero-order valence-electron chi connectivity index (χ0n) is 11.1. The Morgan fingerprint density at radius 1 is 1.30 bits per heavy atom. The maximum absolute atomic E-state index is 13.4. The third-order valence-electron chi connectivity index (χ3n) is 3.30. The zero-order chi connectivity index (χ0) is 14.5. The Morgan fingerprint density at radius 3 is 2.65 bits per heavy atom. The second kappa shape index (κ2) is 6.36. The molecule has 0 bridgehead atoms. The molecule has 108 valence electrons. The van der Waals surface area contributed by atoms with Crippen LogP contribution in [0.5, 0.6) is 5.75 Å². The highest BCUT2D eigenvalue weighted by molar-refractivity contribution is 5.97. The minimum absolute atomic E-state index is 0.0134. The van der Waals surface area contributed by atoms with E-state index in [0.717, 1.165) is 32.0 Å². The summed E-state index contributed by atoms with van der Waals surface area (Å²) in [4.78, 5) is 25.3. The van der Waals surface area contributed by atoms with Crippen LogP contribution in [0.4, 0.5) is 4.39 Å². The lowest BCUT2D eigenvalue weighted by atomic mass is 10.1. The quantitative estimate of drug-likeness (QED) is 0.872. The Balaban J connectivity index is 1.84. The van der Waals surface area contributed by atoms with Crippen LogP contribution in [0.1, 0.15) is 29.6 Å². The maximum atomic E-state index is 13.4. The van der Waals surface area contributed by atoms with Gasteiger partial charge in [0.25, 0.3) is 5.91 Å². The normalized spacial score (nSPS) is 14.3. The molecule has 5 nitrogen and oxygen atoms in total. The molecule has 2 amide bonds. The number of nitrogens with one attached hydrogen (secondary N) is 1. The molecule has 1 aliphatic heterocycles. The number of nitrogens with zero attached hydrogens (tertiary/aromatic N) is 1. The average molecular weight is 280 g/mol. The van der Waals surface area contributed by atoms with Gasteiger partial charge in [-0.05, 0) is 25.0 Å². The van der Waals surface area contributed by atoms with E-state index < -0.39 is 17.5 Å². The number of carbonyl (C=O) groups is 2. The fourth-order valence-corrected chi connectivity index (χ4v) is 2.23. The van der Waals surface area contributed by atoms with Crippen LogP contribution in [0.3, 0.4) is 0 Å². The molecule has 0 atom stereocenters. The standard InChI is InChI=1S/C14H17FN2O3/c15-10-4-3-5-11(18)13(10)14(20)16-7-6-12(19)17-8-1-2-9-17/h3-5,18H,1-2,6-9H2,(H,16,20). The van der Waals surface area contributed by atoms with Gasteiger partial charge < -0.3 is 15.3 Å². The molecule has 0 aromatic heterocycles. The van der Waals surface area contributed by atoms with Crippen LogP contribution in [-0.2, 0) is 4.79 Å². The van der Waals surface area contributed by atoms with Gasteiger partial charge in [-0.3, -0.25) is 9.59 Å². The first-order chi connectivity index (χ1) is 9.59. The van der Waals surface area contributed by atoms with Crippen LogP contribution in [-0.4, -0.2) is 41.5 Å². The summed E-state index contributed by atoms with van der Waals surface area (Å²) in [5, 5.41) is 11.9. The van der Waals surface area contributed by atoms with Crippen molar-refractivity contribution in [3.05, 3.63) is 29.6 Å². The third-order valence-corrected chi connectivity index (χ3v) is 3.30. The fraction of sp³-hybridized carbons (Fsp3) is 0.429. The Morgan fingerprint density at radius 2 is 2.00 bits per heavy atom. The Labute approximate surface area is 116 Å². The molecule has 0 radical (unpaired) electrons. The van der Waals surface area contributed by atoms with E-state index in [1.54, 1.807) is 4.90 Å². The van der Waals surface area contributed by atoms with Crippen molar-refractivity contribution in [1.29, 1.82) is 0 Å². The van der Waals surface area contributed by atoms with E-state index in [2.05, 4.69) is 5.32 Å². The smallest absolute Gasteiger partial charge is 0.258 e. The number of carbonyl (C=O) groups excluding carboxylic acids is 2. The molecule has 1 aliphatic rings. The number of hydrogen-bond donors (Lipinski definition) is 2. The molecule has 2 rings (SSSR count). The first kappa shape index (κ1) is 14.3. The van der Waals surface area contributed by atoms with Gasteiger partial charge in [0, 0.05) is 26.1 Å². The van der Waals surface area contributed by atoms with Crippen molar-refractivity contribution in [2.75, 3.05) is 19.6 Å². The lowest BCUT2D eigenvalue weighted by Crippen LogP contribution is -2.33. The first-order valence-corrected chi connectivity index (χ1v) is 6.63. The van der Waals surface area contributed by atoms with Crippen molar-refractivity contribution < 1.29 is 19.1 Å². The minimum Gasteiger partial charge on any atom is -0.507 e. The highest BCUT2D eigenvalue weighted by atomic mass is 19.1. The largest absolute Gasteiger partial charge is 0.507 e. The van der Waals surface area contributed by atoms with Crippen molar-refractivity contribution in [3.8, 4) is 5.75 Å². The summed E-state index contributed by atoms with van der Waals surface area (Å²) in [6.07, 6.45) is 2.21. The van der Waals surface area contributed by atoms with Crippen LogP contribution in [0.2, 0.25) is 0 Å². The van der Waals surface area contributed by atoms with Crippen molar-refractivity contribution >= 4 is 11.8 Å². The predicted molar refractivity (Wildman–Crippen MR) is 70.8 cm³/mol. The fourth-order valence-electron chi connectivity index (χ4n) is 2.23. The number of rotatable bonds is 4. The lowest BCUT2D eigenvalue weighted by molar-refractivity contribution is -0.129. The summed E-state index contributed by atoms with van der Waals surface area (Å²) in [5.41, 5.74) is -0.388. The van der Waals surface area contributed by atoms with E-state index in [-0.39, 0.29) is 24.4 Å². The number of likely N-dealkylation sites (tertiary alicyclic amines) is 1. The number of hydrogen-bond acceptors (Lipinski definition) is 3. The molecule has 0 spiro atoms. The molecule has 1 heterocycles. The minimum atomic E-state index is -0.784. The van der Waals surface area contributed by atoms with E-state index in [1.807, 2.05) is 0 Å². The number of halogens is 1. The number of benzene rings is 1. The van der Waals surface area contributed by atoms with E-state index in [1.165, 1.54) is 12.1 Å². The monoisotopic (exact) mass is 280 g/mol. The summed E-state index contributed by atoms with van der Waals surface area (Å²) >= 11 is 0. The van der Waals surface area contributed by atoms with Gasteiger partial charge in [0.2, 0.25) is 5.91 Å². The molecule has 6 heteroatoms. The van der Waals surface area contributed by atoms with Gasteiger partial charge in [-0.15, -0.1) is 0 Å². The van der Waals surface area contributed by atoms with Gasteiger partial charge in [-0.25, -0.2) is 4.39 Å². The van der Waals surface area contributed by atoms with Gasteiger partial charge in [0.15, 0.2) is 0 Å². The molecule has 20 heavy (non-hydrogen) atoms. The number of phenols is 1. The topological polar surface area (TPSA) is 69.6 Å². The Hall–Kier alpha value is -2.11. The summed E-state index contributed by atoms with van der Waals surface area (Å²) in [5.74, 6) is -1.92. The summed E-state index contributed by atoms with van der Waals surface area (Å²) in [7, 11) is 0. The third kappa shape index (κ3) is 3.26. The van der Waals surface area contributed by atoms with E-state index in [4.69, 9.17) is 0 Å². The van der Waals surface area contributed by atoms with Crippen molar-refractivity contribution in [1.82, 2.24) is 10.2 Å². The van der Waals surface area contributed by atoms with E-state index >= 15 is 0 Å². The number of aromatic hydroxyl groups is 1. The molecule has 1 aromatic carbocycles. The van der Waals surface area contributed by atoms with Gasteiger partial charge in [0.1, 0.15) is 17.1 Å². The summed E-state index contributed by atoms with van der Waals surface area (Å²) in [6.45, 7) is 1.66. The van der Waals surface area contributed by atoms with Gasteiger partial charge in [0.05, 0.1) is 0 Å².